The summed E-state index contributed by atoms with van der Waals surface area (Å²) < 4.78 is 13.1. The SMILES string of the molecule is O=C(CCc1csc(NC(=O)Nc2ccccc2)n1)Nc1cccc(F)c1. The number of para-hydroxylation sites is 1. The Balaban J connectivity index is 1.46. The fourth-order valence-electron chi connectivity index (χ4n) is 2.29. The molecule has 8 heteroatoms. The third-order valence-electron chi connectivity index (χ3n) is 3.52. The normalized spacial score (nSPS) is 10.3. The average molecular weight is 384 g/mol. The van der Waals surface area contributed by atoms with Crippen LogP contribution < -0.4 is 16.0 Å². The summed E-state index contributed by atoms with van der Waals surface area (Å²) in [7, 11) is 0. The van der Waals surface area contributed by atoms with Gasteiger partial charge in [0.25, 0.3) is 0 Å². The predicted octanol–water partition coefficient (Wildman–Crippen LogP) is 4.50. The third kappa shape index (κ3) is 5.89. The van der Waals surface area contributed by atoms with Crippen LogP contribution in [0.2, 0.25) is 0 Å². The van der Waals surface area contributed by atoms with Gasteiger partial charge in [-0.25, -0.2) is 14.2 Å². The Morgan fingerprint density at radius 2 is 1.74 bits per heavy atom. The zero-order valence-electron chi connectivity index (χ0n) is 14.2. The second-order valence-electron chi connectivity index (χ2n) is 5.65. The second kappa shape index (κ2) is 8.91. The summed E-state index contributed by atoms with van der Waals surface area (Å²) >= 11 is 1.28. The van der Waals surface area contributed by atoms with Gasteiger partial charge in [-0.3, -0.25) is 10.1 Å². The molecule has 1 heterocycles. The first kappa shape index (κ1) is 18.5. The van der Waals surface area contributed by atoms with Crippen molar-refractivity contribution < 1.29 is 14.0 Å². The molecule has 3 aromatic rings. The van der Waals surface area contributed by atoms with Gasteiger partial charge in [-0.2, -0.15) is 0 Å². The van der Waals surface area contributed by atoms with E-state index >= 15 is 0 Å². The number of hydrogen-bond acceptors (Lipinski definition) is 4. The molecule has 0 spiro atoms. The van der Waals surface area contributed by atoms with E-state index in [0.29, 0.717) is 28.6 Å². The number of carbonyl (C=O) groups excluding carboxylic acids is 2. The molecule has 0 radical (unpaired) electrons. The number of aromatic nitrogens is 1. The molecule has 0 aliphatic heterocycles. The molecule has 3 amide bonds. The minimum Gasteiger partial charge on any atom is -0.326 e. The number of nitrogens with one attached hydrogen (secondary N) is 3. The number of hydrogen-bond donors (Lipinski definition) is 3. The summed E-state index contributed by atoms with van der Waals surface area (Å²) in [6.07, 6.45) is 0.621. The summed E-state index contributed by atoms with van der Waals surface area (Å²) in [5, 5.41) is 10.2. The standard InChI is InChI=1S/C19H17FN4O2S/c20-13-5-4-8-15(11-13)21-17(25)10-9-16-12-27-19(23-16)24-18(26)22-14-6-2-1-3-7-14/h1-8,11-12H,9-10H2,(H,21,25)(H2,22,23,24,26). The number of aryl methyl sites for hydroxylation is 1. The Morgan fingerprint density at radius 1 is 0.963 bits per heavy atom. The molecule has 0 aliphatic carbocycles. The van der Waals surface area contributed by atoms with Crippen molar-refractivity contribution in [1.82, 2.24) is 4.98 Å². The Labute approximate surface area is 159 Å². The molecule has 0 bridgehead atoms. The van der Waals surface area contributed by atoms with Gasteiger partial charge < -0.3 is 10.6 Å². The highest BCUT2D eigenvalue weighted by Crippen LogP contribution is 2.17. The Hall–Kier alpha value is -3.26. The van der Waals surface area contributed by atoms with Crippen molar-refractivity contribution >= 4 is 39.8 Å². The van der Waals surface area contributed by atoms with Crippen molar-refractivity contribution in [2.24, 2.45) is 0 Å². The van der Waals surface area contributed by atoms with Crippen LogP contribution in [0.3, 0.4) is 0 Å². The number of amides is 3. The highest BCUT2D eigenvalue weighted by molar-refractivity contribution is 7.13. The maximum Gasteiger partial charge on any atom is 0.325 e. The number of urea groups is 1. The van der Waals surface area contributed by atoms with E-state index in [2.05, 4.69) is 20.9 Å². The van der Waals surface area contributed by atoms with Gasteiger partial charge in [0.2, 0.25) is 5.91 Å². The summed E-state index contributed by atoms with van der Waals surface area (Å²) in [6.45, 7) is 0. The number of halogens is 1. The minimum atomic E-state index is -0.406. The quantitative estimate of drug-likeness (QED) is 0.585. The lowest BCUT2D eigenvalue weighted by Gasteiger charge is -2.05. The van der Waals surface area contributed by atoms with Gasteiger partial charge in [-0.05, 0) is 36.8 Å². The molecule has 3 rings (SSSR count). The fraction of sp³-hybridized carbons (Fsp3) is 0.105. The van der Waals surface area contributed by atoms with Crippen LogP contribution >= 0.6 is 11.3 Å². The summed E-state index contributed by atoms with van der Waals surface area (Å²) in [4.78, 5) is 28.2. The van der Waals surface area contributed by atoms with Crippen molar-refractivity contribution in [3.63, 3.8) is 0 Å². The minimum absolute atomic E-state index is 0.204. The number of thiazole rings is 1. The van der Waals surface area contributed by atoms with Crippen LogP contribution in [0.5, 0.6) is 0 Å². The molecule has 138 valence electrons. The van der Waals surface area contributed by atoms with Crippen LogP contribution in [-0.4, -0.2) is 16.9 Å². The Kier molecular flexibility index (Phi) is 6.11. The number of carbonyl (C=O) groups is 2. The maximum atomic E-state index is 13.1. The summed E-state index contributed by atoms with van der Waals surface area (Å²) in [5.41, 5.74) is 1.79. The van der Waals surface area contributed by atoms with Crippen LogP contribution in [0.15, 0.2) is 60.0 Å². The fourth-order valence-corrected chi connectivity index (χ4v) is 3.03. The number of anilines is 3. The van der Waals surface area contributed by atoms with E-state index in [4.69, 9.17) is 0 Å². The van der Waals surface area contributed by atoms with Crippen molar-refractivity contribution in [2.75, 3.05) is 16.0 Å². The summed E-state index contributed by atoms with van der Waals surface area (Å²) in [5.74, 6) is -0.637. The largest absolute Gasteiger partial charge is 0.326 e. The third-order valence-corrected chi connectivity index (χ3v) is 4.33. The van der Waals surface area contributed by atoms with Crippen molar-refractivity contribution in [3.8, 4) is 0 Å². The van der Waals surface area contributed by atoms with Gasteiger partial charge >= 0.3 is 6.03 Å². The van der Waals surface area contributed by atoms with Crippen molar-refractivity contribution in [1.29, 1.82) is 0 Å². The molecular weight excluding hydrogens is 367 g/mol. The molecule has 3 N–H and O–H groups in total. The predicted molar refractivity (Wildman–Crippen MR) is 105 cm³/mol. The van der Waals surface area contributed by atoms with Crippen LogP contribution in [0.4, 0.5) is 25.7 Å². The van der Waals surface area contributed by atoms with Gasteiger partial charge in [0.1, 0.15) is 5.82 Å². The van der Waals surface area contributed by atoms with Gasteiger partial charge in [0, 0.05) is 23.2 Å². The molecule has 0 aliphatic rings. The van der Waals surface area contributed by atoms with E-state index in [9.17, 15) is 14.0 Å². The zero-order valence-corrected chi connectivity index (χ0v) is 15.1. The van der Waals surface area contributed by atoms with Gasteiger partial charge in [0.05, 0.1) is 5.69 Å². The van der Waals surface area contributed by atoms with Gasteiger partial charge in [-0.1, -0.05) is 24.3 Å². The van der Waals surface area contributed by atoms with Crippen LogP contribution in [0.1, 0.15) is 12.1 Å². The van der Waals surface area contributed by atoms with E-state index in [1.165, 1.54) is 29.5 Å². The maximum absolute atomic E-state index is 13.1. The van der Waals surface area contributed by atoms with Crippen LogP contribution in [-0.2, 0) is 11.2 Å². The lowest BCUT2D eigenvalue weighted by atomic mass is 10.2. The van der Waals surface area contributed by atoms with E-state index in [1.807, 2.05) is 18.2 Å². The van der Waals surface area contributed by atoms with Crippen molar-refractivity contribution in [3.05, 3.63) is 71.5 Å². The highest BCUT2D eigenvalue weighted by Gasteiger charge is 2.09. The molecule has 6 nitrogen and oxygen atoms in total. The first-order valence-electron chi connectivity index (χ1n) is 8.21. The molecule has 2 aromatic carbocycles. The van der Waals surface area contributed by atoms with E-state index in [1.54, 1.807) is 23.6 Å². The molecule has 0 unspecified atom stereocenters. The van der Waals surface area contributed by atoms with Crippen LogP contribution in [0, 0.1) is 5.82 Å². The smallest absolute Gasteiger partial charge is 0.325 e. The molecule has 0 saturated heterocycles. The highest BCUT2D eigenvalue weighted by atomic mass is 32.1. The second-order valence-corrected chi connectivity index (χ2v) is 6.51. The lowest BCUT2D eigenvalue weighted by molar-refractivity contribution is -0.116. The molecule has 0 saturated carbocycles. The zero-order chi connectivity index (χ0) is 19.1. The number of nitrogens with zero attached hydrogens (tertiary/aromatic N) is 1. The topological polar surface area (TPSA) is 83.1 Å². The first-order valence-corrected chi connectivity index (χ1v) is 9.09. The lowest BCUT2D eigenvalue weighted by Crippen LogP contribution is -2.19. The van der Waals surface area contributed by atoms with Gasteiger partial charge in [-0.15, -0.1) is 11.3 Å². The van der Waals surface area contributed by atoms with E-state index < -0.39 is 5.82 Å². The number of benzene rings is 2. The van der Waals surface area contributed by atoms with Crippen molar-refractivity contribution in [2.45, 2.75) is 12.8 Å². The Morgan fingerprint density at radius 3 is 2.52 bits per heavy atom. The molecule has 27 heavy (non-hydrogen) atoms. The molecule has 1 aromatic heterocycles. The van der Waals surface area contributed by atoms with Crippen LogP contribution in [0.25, 0.3) is 0 Å². The molecule has 0 fully saturated rings. The monoisotopic (exact) mass is 384 g/mol. The van der Waals surface area contributed by atoms with Gasteiger partial charge in [0.15, 0.2) is 5.13 Å². The molecular formula is C19H17FN4O2S. The van der Waals surface area contributed by atoms with E-state index in [0.717, 1.165) is 0 Å². The summed E-state index contributed by atoms with van der Waals surface area (Å²) in [6, 6.07) is 14.4. The number of rotatable bonds is 6. The van der Waals surface area contributed by atoms with E-state index in [-0.39, 0.29) is 18.4 Å². The Bertz CT molecular complexity index is 930. The average Bonchev–Trinajstić information content (AvgIpc) is 3.08. The first-order chi connectivity index (χ1) is 13.1. The molecule has 0 atom stereocenters.